The van der Waals surface area contributed by atoms with Gasteiger partial charge in [0.2, 0.25) is 0 Å². The highest BCUT2D eigenvalue weighted by Crippen LogP contribution is 2.43. The van der Waals surface area contributed by atoms with Crippen molar-refractivity contribution in [1.29, 1.82) is 0 Å². The molecule has 0 radical (unpaired) electrons. The molecule has 5 heteroatoms. The average molecular weight is 282 g/mol. The lowest BCUT2D eigenvalue weighted by Crippen LogP contribution is -2.40. The molecule has 2 unspecified atom stereocenters. The number of nitrogen functional groups attached to an aromatic ring is 1. The number of nitrogens with two attached hydrogens (primary N) is 1. The highest BCUT2D eigenvalue weighted by atomic mass is 32.2. The van der Waals surface area contributed by atoms with Crippen LogP contribution in [-0.2, 0) is 4.74 Å². The lowest BCUT2D eigenvalue weighted by Gasteiger charge is -2.37. The second kappa shape index (κ2) is 5.31. The summed E-state index contributed by atoms with van der Waals surface area (Å²) in [6, 6.07) is 3.81. The normalized spacial score (nSPS) is 31.9. The van der Waals surface area contributed by atoms with Crippen LogP contribution in [0.3, 0.4) is 0 Å². The predicted octanol–water partition coefficient (Wildman–Crippen LogP) is 2.81. The monoisotopic (exact) mass is 282 g/mol. The summed E-state index contributed by atoms with van der Waals surface area (Å²) >= 11 is 3.84. The van der Waals surface area contributed by atoms with Crippen LogP contribution < -0.4 is 5.73 Å². The minimum absolute atomic E-state index is 0.143. The number of thioether (sulfide) groups is 2. The summed E-state index contributed by atoms with van der Waals surface area (Å²) in [7, 11) is 0. The molecule has 2 aliphatic rings. The first-order valence-corrected chi connectivity index (χ1v) is 8.40. The predicted molar refractivity (Wildman–Crippen MR) is 78.2 cm³/mol. The van der Waals surface area contributed by atoms with Gasteiger partial charge in [0, 0.05) is 23.8 Å². The second-order valence-corrected chi connectivity index (χ2v) is 7.36. The Kier molecular flexibility index (Phi) is 3.73. The molecule has 3 rings (SSSR count). The van der Waals surface area contributed by atoms with Crippen molar-refractivity contribution in [2.75, 3.05) is 23.8 Å². The Balaban J connectivity index is 1.68. The van der Waals surface area contributed by atoms with Gasteiger partial charge >= 0.3 is 0 Å². The Bertz CT molecular complexity index is 421. The molecule has 0 saturated carbocycles. The first kappa shape index (κ1) is 12.6. The van der Waals surface area contributed by atoms with Gasteiger partial charge in [-0.1, -0.05) is 0 Å². The molecule has 2 aliphatic heterocycles. The zero-order valence-corrected chi connectivity index (χ0v) is 11.9. The van der Waals surface area contributed by atoms with Crippen LogP contribution >= 0.6 is 23.5 Å². The zero-order valence-electron chi connectivity index (χ0n) is 10.3. The molecule has 3 heterocycles. The van der Waals surface area contributed by atoms with Gasteiger partial charge < -0.3 is 10.5 Å². The molecular weight excluding hydrogens is 264 g/mol. The Morgan fingerprint density at radius 1 is 1.56 bits per heavy atom. The Labute approximate surface area is 116 Å². The maximum atomic E-state index is 6.04. The maximum Gasteiger partial charge on any atom is 0.119 e. The average Bonchev–Trinajstić information content (AvgIpc) is 2.80. The fraction of sp³-hybridized carbons (Fsp3) is 0.615. The van der Waals surface area contributed by atoms with Gasteiger partial charge in [-0.15, -0.1) is 11.8 Å². The molecule has 0 aliphatic carbocycles. The molecule has 0 bridgehead atoms. The van der Waals surface area contributed by atoms with Gasteiger partial charge in [-0.25, -0.2) is 4.98 Å². The highest BCUT2D eigenvalue weighted by Gasteiger charge is 2.40. The third kappa shape index (κ3) is 2.63. The van der Waals surface area contributed by atoms with E-state index >= 15 is 0 Å². The van der Waals surface area contributed by atoms with Crippen LogP contribution in [0.5, 0.6) is 0 Å². The van der Waals surface area contributed by atoms with Gasteiger partial charge in [-0.05, 0) is 37.1 Å². The van der Waals surface area contributed by atoms with E-state index in [1.165, 1.54) is 12.2 Å². The van der Waals surface area contributed by atoms with Crippen molar-refractivity contribution >= 4 is 29.2 Å². The Morgan fingerprint density at radius 3 is 3.28 bits per heavy atom. The van der Waals surface area contributed by atoms with Gasteiger partial charge in [0.15, 0.2) is 0 Å². The third-order valence-corrected chi connectivity index (χ3v) is 6.12. The van der Waals surface area contributed by atoms with Gasteiger partial charge in [0.05, 0.1) is 11.3 Å². The molecule has 1 spiro atoms. The van der Waals surface area contributed by atoms with Crippen LogP contribution in [0.15, 0.2) is 23.4 Å². The standard InChI is InChI=1S/C13H18N2OS2/c14-11-2-1-5-15-12(11)18-10-3-6-16-13(8-10)4-7-17-9-13/h1-2,5,10H,3-4,6-9,14H2. The summed E-state index contributed by atoms with van der Waals surface area (Å²) in [6.07, 6.45) is 5.26. The quantitative estimate of drug-likeness (QED) is 0.904. The number of nitrogens with zero attached hydrogens (tertiary/aromatic N) is 1. The van der Waals surface area contributed by atoms with Crippen LogP contribution in [-0.4, -0.2) is 33.9 Å². The molecule has 1 aromatic heterocycles. The van der Waals surface area contributed by atoms with Crippen LogP contribution in [0, 0.1) is 0 Å². The van der Waals surface area contributed by atoms with E-state index in [0.717, 1.165) is 35.9 Å². The molecule has 2 saturated heterocycles. The van der Waals surface area contributed by atoms with Crippen molar-refractivity contribution in [3.63, 3.8) is 0 Å². The molecule has 0 amide bonds. The maximum absolute atomic E-state index is 6.04. The minimum atomic E-state index is 0.143. The lowest BCUT2D eigenvalue weighted by molar-refractivity contribution is -0.0562. The van der Waals surface area contributed by atoms with Crippen molar-refractivity contribution in [2.24, 2.45) is 0 Å². The Morgan fingerprint density at radius 2 is 2.50 bits per heavy atom. The van der Waals surface area contributed by atoms with Crippen LogP contribution in [0.4, 0.5) is 5.69 Å². The number of hydrogen-bond donors (Lipinski definition) is 1. The third-order valence-electron chi connectivity index (χ3n) is 3.59. The minimum Gasteiger partial charge on any atom is -0.397 e. The smallest absolute Gasteiger partial charge is 0.119 e. The van der Waals surface area contributed by atoms with Crippen LogP contribution in [0.2, 0.25) is 0 Å². The fourth-order valence-electron chi connectivity index (χ4n) is 2.61. The summed E-state index contributed by atoms with van der Waals surface area (Å²) in [5, 5.41) is 1.57. The number of hydrogen-bond acceptors (Lipinski definition) is 5. The van der Waals surface area contributed by atoms with Crippen molar-refractivity contribution in [3.05, 3.63) is 18.3 Å². The number of pyridine rings is 1. The lowest BCUT2D eigenvalue weighted by atomic mass is 9.93. The highest BCUT2D eigenvalue weighted by molar-refractivity contribution is 8.00. The second-order valence-electron chi connectivity index (χ2n) is 4.96. The van der Waals surface area contributed by atoms with Crippen molar-refractivity contribution in [3.8, 4) is 0 Å². The van der Waals surface area contributed by atoms with E-state index in [1.54, 1.807) is 0 Å². The van der Waals surface area contributed by atoms with Gasteiger partial charge in [0.25, 0.3) is 0 Å². The summed E-state index contributed by atoms with van der Waals surface area (Å²) in [5.41, 5.74) is 6.90. The number of aromatic nitrogens is 1. The first-order chi connectivity index (χ1) is 8.77. The van der Waals surface area contributed by atoms with Crippen molar-refractivity contribution in [1.82, 2.24) is 4.98 Å². The van der Waals surface area contributed by atoms with E-state index in [0.29, 0.717) is 5.25 Å². The first-order valence-electron chi connectivity index (χ1n) is 6.36. The fourth-order valence-corrected chi connectivity index (χ4v) is 5.23. The molecule has 1 aromatic rings. The number of anilines is 1. The SMILES string of the molecule is Nc1cccnc1SC1CCOC2(CCSC2)C1. The molecule has 98 valence electrons. The Hall–Kier alpha value is -0.390. The summed E-state index contributed by atoms with van der Waals surface area (Å²) in [4.78, 5) is 4.38. The zero-order chi connectivity index (χ0) is 12.4. The van der Waals surface area contributed by atoms with E-state index in [9.17, 15) is 0 Å². The van der Waals surface area contributed by atoms with Crippen LogP contribution in [0.1, 0.15) is 19.3 Å². The van der Waals surface area contributed by atoms with Gasteiger partial charge in [-0.3, -0.25) is 0 Å². The molecule has 0 aromatic carbocycles. The van der Waals surface area contributed by atoms with Gasteiger partial charge in [0.1, 0.15) is 5.03 Å². The van der Waals surface area contributed by atoms with E-state index < -0.39 is 0 Å². The topological polar surface area (TPSA) is 48.1 Å². The molecule has 2 atom stereocenters. The summed E-state index contributed by atoms with van der Waals surface area (Å²) < 4.78 is 6.04. The van der Waals surface area contributed by atoms with E-state index in [2.05, 4.69) is 4.98 Å². The largest absolute Gasteiger partial charge is 0.397 e. The van der Waals surface area contributed by atoms with Crippen molar-refractivity contribution in [2.45, 2.75) is 35.1 Å². The van der Waals surface area contributed by atoms with Gasteiger partial charge in [-0.2, -0.15) is 11.8 Å². The summed E-state index contributed by atoms with van der Waals surface area (Å²) in [5.74, 6) is 2.39. The van der Waals surface area contributed by atoms with Crippen LogP contribution in [0.25, 0.3) is 0 Å². The van der Waals surface area contributed by atoms with E-state index in [-0.39, 0.29) is 5.60 Å². The summed E-state index contributed by atoms with van der Waals surface area (Å²) in [6.45, 7) is 0.880. The molecular formula is C13H18N2OS2. The molecule has 18 heavy (non-hydrogen) atoms. The molecule has 3 nitrogen and oxygen atoms in total. The number of ether oxygens (including phenoxy) is 1. The van der Waals surface area contributed by atoms with E-state index in [1.807, 2.05) is 41.9 Å². The number of rotatable bonds is 2. The van der Waals surface area contributed by atoms with Crippen molar-refractivity contribution < 1.29 is 4.74 Å². The molecule has 2 N–H and O–H groups in total. The van der Waals surface area contributed by atoms with E-state index in [4.69, 9.17) is 10.5 Å². The molecule has 2 fully saturated rings.